The number of rotatable bonds is 1. The van der Waals surface area contributed by atoms with Gasteiger partial charge in [0.25, 0.3) is 0 Å². The van der Waals surface area contributed by atoms with Crippen molar-refractivity contribution in [1.29, 1.82) is 0 Å². The molecule has 1 atom stereocenters. The molecule has 3 nitrogen and oxygen atoms in total. The van der Waals surface area contributed by atoms with E-state index in [0.717, 1.165) is 30.8 Å². The number of nitrogens with zero attached hydrogens (tertiary/aromatic N) is 2. The number of fused-ring (bicyclic) bond motifs is 14. The Morgan fingerprint density at radius 1 is 0.659 bits per heavy atom. The second kappa shape index (κ2) is 8.15. The molecular formula is C41H27N3. The quantitative estimate of drug-likeness (QED) is 0.213. The second-order valence-electron chi connectivity index (χ2n) is 12.6. The number of nitrogens with one attached hydrogen (secondary N) is 1. The van der Waals surface area contributed by atoms with Crippen molar-refractivity contribution in [3.63, 3.8) is 0 Å². The predicted octanol–water partition coefficient (Wildman–Crippen LogP) is 9.48. The molecule has 1 aliphatic heterocycles. The van der Waals surface area contributed by atoms with Gasteiger partial charge in [-0.1, -0.05) is 84.9 Å². The summed E-state index contributed by atoms with van der Waals surface area (Å²) in [4.78, 5) is 4.84. The molecule has 0 radical (unpaired) electrons. The van der Waals surface area contributed by atoms with Crippen LogP contribution in [-0.4, -0.2) is 17.3 Å². The molecule has 6 aromatic carbocycles. The molecule has 0 unspecified atom stereocenters. The van der Waals surface area contributed by atoms with E-state index < -0.39 is 0 Å². The molecule has 2 heterocycles. The number of para-hydroxylation sites is 1. The first-order valence-electron chi connectivity index (χ1n) is 15.7. The van der Waals surface area contributed by atoms with E-state index in [4.69, 9.17) is 4.99 Å². The summed E-state index contributed by atoms with van der Waals surface area (Å²) in [6.45, 7) is 0.765. The smallest absolute Gasteiger partial charge is 0.0943 e. The summed E-state index contributed by atoms with van der Waals surface area (Å²) in [5, 5.41) is 8.80. The van der Waals surface area contributed by atoms with E-state index in [0.29, 0.717) is 5.92 Å². The van der Waals surface area contributed by atoms with E-state index in [1.165, 1.54) is 88.3 Å². The Bertz CT molecular complexity index is 2510. The van der Waals surface area contributed by atoms with Gasteiger partial charge in [-0.05, 0) is 70.5 Å². The van der Waals surface area contributed by atoms with Crippen LogP contribution in [0.15, 0.2) is 114 Å². The Morgan fingerprint density at radius 3 is 2.36 bits per heavy atom. The van der Waals surface area contributed by atoms with Crippen LogP contribution in [0, 0.1) is 0 Å². The standard InChI is InChI=1S/C41H27N3/c1-2-10-25-23(8-1)26-16-17-29-33(25)22-34-27-11-5-6-15-35(27)44(41(34)38(29)28-12-4-3-9-24(26)28)36-19-18-32-37-30(36)13-7-14-31(37)39-40(32)43-21-20-42-39/h1-15,18-19,21-22,26,42H,16-17,20H2/t26-/m1/s1. The summed E-state index contributed by atoms with van der Waals surface area (Å²) in [7, 11) is 0. The van der Waals surface area contributed by atoms with Crippen molar-refractivity contribution in [3.8, 4) is 27.9 Å². The average Bonchev–Trinajstić information content (AvgIpc) is 3.44. The molecule has 3 heteroatoms. The fourth-order valence-electron chi connectivity index (χ4n) is 8.90. The largest absolute Gasteiger partial charge is 0.378 e. The van der Waals surface area contributed by atoms with Gasteiger partial charge in [-0.25, -0.2) is 0 Å². The summed E-state index contributed by atoms with van der Waals surface area (Å²) < 4.78 is 2.58. The van der Waals surface area contributed by atoms with Gasteiger partial charge in [-0.2, -0.15) is 0 Å². The van der Waals surface area contributed by atoms with Gasteiger partial charge in [0.1, 0.15) is 0 Å². The Kier molecular flexibility index (Phi) is 4.28. The van der Waals surface area contributed by atoms with E-state index in [9.17, 15) is 0 Å². The van der Waals surface area contributed by atoms with Crippen molar-refractivity contribution in [1.82, 2.24) is 9.88 Å². The molecule has 0 fully saturated rings. The highest BCUT2D eigenvalue weighted by Crippen LogP contribution is 2.54. The SMILES string of the molecule is C1=NC2=C(NC1)c1cccc3c(-n4c5ccccc5c5cc6c7c(c54)-c4ccccc4[C@H](CC7)c4ccccc4-6)ccc2c13. The lowest BCUT2D eigenvalue weighted by Crippen LogP contribution is -2.17. The molecule has 7 aromatic rings. The van der Waals surface area contributed by atoms with Gasteiger partial charge < -0.3 is 9.88 Å². The molecule has 1 N–H and O–H groups in total. The third-order valence-corrected chi connectivity index (χ3v) is 10.6. The molecule has 0 saturated heterocycles. The fourth-order valence-corrected chi connectivity index (χ4v) is 8.90. The van der Waals surface area contributed by atoms with Crippen LogP contribution >= 0.6 is 0 Å². The lowest BCUT2D eigenvalue weighted by Gasteiger charge is -2.25. The first-order chi connectivity index (χ1) is 21.9. The summed E-state index contributed by atoms with van der Waals surface area (Å²) in [5.74, 6) is 0.391. The first kappa shape index (κ1) is 23.1. The highest BCUT2D eigenvalue weighted by molar-refractivity contribution is 6.20. The molecule has 0 saturated carbocycles. The molecule has 1 aromatic heterocycles. The zero-order valence-electron chi connectivity index (χ0n) is 24.1. The topological polar surface area (TPSA) is 29.3 Å². The van der Waals surface area contributed by atoms with Crippen LogP contribution < -0.4 is 5.32 Å². The predicted molar refractivity (Wildman–Crippen MR) is 183 cm³/mol. The molecule has 3 aliphatic carbocycles. The van der Waals surface area contributed by atoms with Crippen LogP contribution in [0.5, 0.6) is 0 Å². The van der Waals surface area contributed by atoms with Crippen LogP contribution in [0.1, 0.15) is 40.2 Å². The van der Waals surface area contributed by atoms with Crippen molar-refractivity contribution in [2.24, 2.45) is 4.99 Å². The van der Waals surface area contributed by atoms with Crippen molar-refractivity contribution >= 4 is 50.2 Å². The molecular weight excluding hydrogens is 534 g/mol. The van der Waals surface area contributed by atoms with Crippen LogP contribution in [0.2, 0.25) is 0 Å². The van der Waals surface area contributed by atoms with Gasteiger partial charge in [0, 0.05) is 50.4 Å². The molecule has 44 heavy (non-hydrogen) atoms. The summed E-state index contributed by atoms with van der Waals surface area (Å²) in [5.41, 5.74) is 18.5. The maximum atomic E-state index is 4.84. The van der Waals surface area contributed by atoms with Gasteiger partial charge in [-0.3, -0.25) is 4.99 Å². The normalized spacial score (nSPS) is 17.0. The highest BCUT2D eigenvalue weighted by Gasteiger charge is 2.34. The molecule has 0 spiro atoms. The third-order valence-electron chi connectivity index (χ3n) is 10.6. The number of hydrogen-bond acceptors (Lipinski definition) is 2. The number of aliphatic imine (C=N–C) groups is 1. The molecule has 2 bridgehead atoms. The molecule has 206 valence electrons. The maximum Gasteiger partial charge on any atom is 0.0943 e. The Morgan fingerprint density at radius 2 is 1.43 bits per heavy atom. The number of hydrogen-bond donors (Lipinski definition) is 1. The van der Waals surface area contributed by atoms with Crippen molar-refractivity contribution in [2.45, 2.75) is 18.8 Å². The van der Waals surface area contributed by atoms with Gasteiger partial charge in [-0.15, -0.1) is 0 Å². The maximum absolute atomic E-state index is 4.84. The lowest BCUT2D eigenvalue weighted by atomic mass is 9.80. The van der Waals surface area contributed by atoms with Gasteiger partial charge in [0.2, 0.25) is 0 Å². The van der Waals surface area contributed by atoms with E-state index in [2.05, 4.69) is 119 Å². The van der Waals surface area contributed by atoms with Crippen LogP contribution in [0.3, 0.4) is 0 Å². The number of aromatic nitrogens is 1. The minimum atomic E-state index is 0.391. The number of benzene rings is 6. The summed E-state index contributed by atoms with van der Waals surface area (Å²) in [6, 6.07) is 41.3. The van der Waals surface area contributed by atoms with Crippen molar-refractivity contribution in [3.05, 3.63) is 137 Å². The first-order valence-corrected chi connectivity index (χ1v) is 15.7. The van der Waals surface area contributed by atoms with Crippen LogP contribution in [-0.2, 0) is 6.42 Å². The van der Waals surface area contributed by atoms with Crippen molar-refractivity contribution in [2.75, 3.05) is 6.54 Å². The molecule has 0 amide bonds. The minimum absolute atomic E-state index is 0.391. The Hall–Kier alpha value is -5.41. The Labute approximate surface area is 254 Å². The van der Waals surface area contributed by atoms with E-state index in [1.807, 2.05) is 6.21 Å². The monoisotopic (exact) mass is 561 g/mol. The van der Waals surface area contributed by atoms with Crippen LogP contribution in [0.4, 0.5) is 0 Å². The van der Waals surface area contributed by atoms with E-state index in [-0.39, 0.29) is 0 Å². The second-order valence-corrected chi connectivity index (χ2v) is 12.6. The zero-order chi connectivity index (χ0) is 28.5. The van der Waals surface area contributed by atoms with Gasteiger partial charge >= 0.3 is 0 Å². The fraction of sp³-hybridized carbons (Fsp3) is 0.0976. The lowest BCUT2D eigenvalue weighted by molar-refractivity contribution is 0.736. The van der Waals surface area contributed by atoms with E-state index >= 15 is 0 Å². The minimum Gasteiger partial charge on any atom is -0.378 e. The highest BCUT2D eigenvalue weighted by atomic mass is 15.0. The molecule has 11 rings (SSSR count). The molecule has 4 aliphatic rings. The van der Waals surface area contributed by atoms with Gasteiger partial charge in [0.15, 0.2) is 0 Å². The van der Waals surface area contributed by atoms with Crippen molar-refractivity contribution < 1.29 is 0 Å². The van der Waals surface area contributed by atoms with E-state index in [1.54, 1.807) is 0 Å². The van der Waals surface area contributed by atoms with Crippen LogP contribution in [0.25, 0.3) is 71.9 Å². The zero-order valence-corrected chi connectivity index (χ0v) is 24.1. The summed E-state index contributed by atoms with van der Waals surface area (Å²) in [6.07, 6.45) is 4.18. The Balaban J connectivity index is 1.34. The summed E-state index contributed by atoms with van der Waals surface area (Å²) >= 11 is 0. The average molecular weight is 562 g/mol. The van der Waals surface area contributed by atoms with Gasteiger partial charge in [0.05, 0.1) is 34.7 Å². The third kappa shape index (κ3) is 2.72.